The molecule has 1 aromatic heterocycles. The van der Waals surface area contributed by atoms with E-state index in [1.54, 1.807) is 7.11 Å². The minimum atomic E-state index is 0. The third kappa shape index (κ3) is 6.52. The van der Waals surface area contributed by atoms with Crippen LogP contribution in [-0.2, 0) is 6.54 Å². The summed E-state index contributed by atoms with van der Waals surface area (Å²) in [5.41, 5.74) is 1.22. The number of guanidine groups is 1. The predicted molar refractivity (Wildman–Crippen MR) is 130 cm³/mol. The van der Waals surface area contributed by atoms with E-state index in [1.165, 1.54) is 5.69 Å². The molecule has 7 nitrogen and oxygen atoms in total. The Morgan fingerprint density at radius 1 is 1.21 bits per heavy atom. The first-order valence-electron chi connectivity index (χ1n) is 10.0. The molecular formula is C21H33IN6O. The van der Waals surface area contributed by atoms with Crippen LogP contribution in [0.25, 0.3) is 0 Å². The number of aryl methyl sites for hydroxylation is 2. The number of methoxy groups -OCH3 is 1. The highest BCUT2D eigenvalue weighted by atomic mass is 127. The Hall–Kier alpha value is -1.97. The number of piperazine rings is 1. The number of unbranched alkanes of at least 4 members (excludes halogenated alkanes) is 1. The van der Waals surface area contributed by atoms with Crippen molar-refractivity contribution in [2.75, 3.05) is 51.8 Å². The molecule has 8 heteroatoms. The van der Waals surface area contributed by atoms with Crippen molar-refractivity contribution in [3.63, 3.8) is 0 Å². The molecule has 0 amide bonds. The molecule has 0 saturated carbocycles. The van der Waals surface area contributed by atoms with E-state index in [1.807, 2.05) is 38.5 Å². The van der Waals surface area contributed by atoms with E-state index in [0.29, 0.717) is 0 Å². The fourth-order valence-electron chi connectivity index (χ4n) is 3.56. The molecule has 29 heavy (non-hydrogen) atoms. The standard InChI is InChI=1S/C21H32N6O.HI/c1-18-23-10-12-25(18)11-5-4-9-24-21(22-2)27-15-13-26(14-16-27)19-7-6-8-20(17-19)28-3;/h6-8,10,12,17H,4-5,9,11,13-16H2,1-3H3,(H,22,24);1H. The largest absolute Gasteiger partial charge is 0.497 e. The summed E-state index contributed by atoms with van der Waals surface area (Å²) in [5, 5.41) is 3.52. The van der Waals surface area contributed by atoms with Crippen molar-refractivity contribution in [2.24, 2.45) is 4.99 Å². The Morgan fingerprint density at radius 2 is 2.00 bits per heavy atom. The van der Waals surface area contributed by atoms with Gasteiger partial charge < -0.3 is 24.4 Å². The van der Waals surface area contributed by atoms with Crippen molar-refractivity contribution in [1.82, 2.24) is 19.8 Å². The lowest BCUT2D eigenvalue weighted by Gasteiger charge is -2.37. The van der Waals surface area contributed by atoms with Crippen LogP contribution < -0.4 is 15.0 Å². The Kier molecular flexibility index (Phi) is 9.56. The number of anilines is 1. The van der Waals surface area contributed by atoms with Gasteiger partial charge in [0.1, 0.15) is 11.6 Å². The number of hydrogen-bond donors (Lipinski definition) is 1. The maximum Gasteiger partial charge on any atom is 0.193 e. The number of rotatable bonds is 7. The topological polar surface area (TPSA) is 57.9 Å². The molecule has 0 radical (unpaired) electrons. The molecule has 0 unspecified atom stereocenters. The smallest absolute Gasteiger partial charge is 0.193 e. The highest BCUT2D eigenvalue weighted by Crippen LogP contribution is 2.22. The normalized spacial score (nSPS) is 14.5. The van der Waals surface area contributed by atoms with Crippen molar-refractivity contribution in [2.45, 2.75) is 26.3 Å². The van der Waals surface area contributed by atoms with Crippen LogP contribution in [0.3, 0.4) is 0 Å². The molecule has 1 N–H and O–H groups in total. The van der Waals surface area contributed by atoms with Gasteiger partial charge in [-0.2, -0.15) is 0 Å². The third-order valence-corrected chi connectivity index (χ3v) is 5.24. The third-order valence-electron chi connectivity index (χ3n) is 5.24. The summed E-state index contributed by atoms with van der Waals surface area (Å²) in [6, 6.07) is 8.28. The summed E-state index contributed by atoms with van der Waals surface area (Å²) >= 11 is 0. The van der Waals surface area contributed by atoms with Gasteiger partial charge in [-0.25, -0.2) is 4.98 Å². The number of imidazole rings is 1. The van der Waals surface area contributed by atoms with Gasteiger partial charge in [-0.15, -0.1) is 24.0 Å². The van der Waals surface area contributed by atoms with E-state index in [9.17, 15) is 0 Å². The van der Waals surface area contributed by atoms with Gasteiger partial charge in [0.05, 0.1) is 7.11 Å². The van der Waals surface area contributed by atoms with Crippen molar-refractivity contribution >= 4 is 35.6 Å². The van der Waals surface area contributed by atoms with Crippen molar-refractivity contribution in [1.29, 1.82) is 0 Å². The van der Waals surface area contributed by atoms with Crippen LogP contribution in [0.2, 0.25) is 0 Å². The predicted octanol–water partition coefficient (Wildman–Crippen LogP) is 3.00. The number of aromatic nitrogens is 2. The Morgan fingerprint density at radius 3 is 2.66 bits per heavy atom. The number of hydrogen-bond acceptors (Lipinski definition) is 4. The van der Waals surface area contributed by atoms with E-state index >= 15 is 0 Å². The lowest BCUT2D eigenvalue weighted by Crippen LogP contribution is -2.52. The van der Waals surface area contributed by atoms with Crippen LogP contribution in [0, 0.1) is 6.92 Å². The molecule has 1 aliphatic rings. The molecule has 2 heterocycles. The monoisotopic (exact) mass is 512 g/mol. The van der Waals surface area contributed by atoms with Gasteiger partial charge in [0.15, 0.2) is 5.96 Å². The van der Waals surface area contributed by atoms with E-state index in [0.717, 1.165) is 69.6 Å². The highest BCUT2D eigenvalue weighted by Gasteiger charge is 2.19. The first-order chi connectivity index (χ1) is 13.7. The Balaban J connectivity index is 0.00000300. The summed E-state index contributed by atoms with van der Waals surface area (Å²) in [4.78, 5) is 13.5. The number of nitrogens with zero attached hydrogens (tertiary/aromatic N) is 5. The lowest BCUT2D eigenvalue weighted by molar-refractivity contribution is 0.371. The van der Waals surface area contributed by atoms with Gasteiger partial charge in [0, 0.05) is 70.5 Å². The van der Waals surface area contributed by atoms with Crippen molar-refractivity contribution in [3.05, 3.63) is 42.5 Å². The van der Waals surface area contributed by atoms with Crippen LogP contribution in [0.5, 0.6) is 5.75 Å². The van der Waals surface area contributed by atoms with E-state index in [-0.39, 0.29) is 24.0 Å². The molecule has 1 saturated heterocycles. The average Bonchev–Trinajstić information content (AvgIpc) is 3.15. The van der Waals surface area contributed by atoms with Crippen molar-refractivity contribution in [3.8, 4) is 5.75 Å². The van der Waals surface area contributed by atoms with E-state index < -0.39 is 0 Å². The summed E-state index contributed by atoms with van der Waals surface area (Å²) in [7, 11) is 3.58. The second kappa shape index (κ2) is 11.9. The molecule has 0 bridgehead atoms. The van der Waals surface area contributed by atoms with Crippen molar-refractivity contribution < 1.29 is 4.74 Å². The second-order valence-corrected chi connectivity index (χ2v) is 7.02. The lowest BCUT2D eigenvalue weighted by atomic mass is 10.2. The highest BCUT2D eigenvalue weighted by molar-refractivity contribution is 14.0. The zero-order valence-electron chi connectivity index (χ0n) is 17.7. The zero-order chi connectivity index (χ0) is 19.8. The fourth-order valence-corrected chi connectivity index (χ4v) is 3.56. The SMILES string of the molecule is CN=C(NCCCCn1ccnc1C)N1CCN(c2cccc(OC)c2)CC1.I. The first kappa shape index (κ1) is 23.3. The minimum absolute atomic E-state index is 0. The van der Waals surface area contributed by atoms with Crippen LogP contribution in [0.15, 0.2) is 41.7 Å². The molecule has 160 valence electrons. The summed E-state index contributed by atoms with van der Waals surface area (Å²) in [5.74, 6) is 2.99. The molecule has 2 aromatic rings. The number of benzene rings is 1. The summed E-state index contributed by atoms with van der Waals surface area (Å²) in [6.45, 7) is 7.89. The molecule has 0 atom stereocenters. The van der Waals surface area contributed by atoms with E-state index in [4.69, 9.17) is 4.74 Å². The average molecular weight is 512 g/mol. The number of nitrogens with one attached hydrogen (secondary N) is 1. The minimum Gasteiger partial charge on any atom is -0.497 e. The summed E-state index contributed by atoms with van der Waals surface area (Å²) < 4.78 is 7.55. The van der Waals surface area contributed by atoms with E-state index in [2.05, 4.69) is 41.8 Å². The molecular weight excluding hydrogens is 479 g/mol. The summed E-state index contributed by atoms with van der Waals surface area (Å²) in [6.07, 6.45) is 6.15. The molecule has 1 aromatic carbocycles. The van der Waals surface area contributed by atoms with Crippen LogP contribution in [0.4, 0.5) is 5.69 Å². The molecule has 1 aliphatic heterocycles. The van der Waals surface area contributed by atoms with Gasteiger partial charge in [-0.05, 0) is 31.9 Å². The Bertz CT molecular complexity index is 770. The fraction of sp³-hybridized carbons (Fsp3) is 0.524. The second-order valence-electron chi connectivity index (χ2n) is 7.02. The maximum absolute atomic E-state index is 5.35. The van der Waals surface area contributed by atoms with Gasteiger partial charge in [0.25, 0.3) is 0 Å². The number of aliphatic imine (C=N–C) groups is 1. The van der Waals surface area contributed by atoms with Gasteiger partial charge in [-0.3, -0.25) is 4.99 Å². The molecule has 0 aliphatic carbocycles. The van der Waals surface area contributed by atoms with Gasteiger partial charge in [0.2, 0.25) is 0 Å². The number of ether oxygens (including phenoxy) is 1. The number of halogens is 1. The van der Waals surface area contributed by atoms with Gasteiger partial charge >= 0.3 is 0 Å². The molecule has 1 fully saturated rings. The Labute approximate surface area is 191 Å². The van der Waals surface area contributed by atoms with Crippen LogP contribution in [-0.4, -0.2) is 67.3 Å². The van der Waals surface area contributed by atoms with Crippen LogP contribution >= 0.6 is 24.0 Å². The van der Waals surface area contributed by atoms with Gasteiger partial charge in [-0.1, -0.05) is 6.07 Å². The van der Waals surface area contributed by atoms with Crippen LogP contribution in [0.1, 0.15) is 18.7 Å². The first-order valence-corrected chi connectivity index (χ1v) is 10.0. The molecule has 3 rings (SSSR count). The zero-order valence-corrected chi connectivity index (χ0v) is 20.0. The maximum atomic E-state index is 5.35. The molecule has 0 spiro atoms. The quantitative estimate of drug-likeness (QED) is 0.268.